The molecule has 27 heavy (non-hydrogen) atoms. The third-order valence-electron chi connectivity index (χ3n) is 5.18. The van der Waals surface area contributed by atoms with Crippen molar-refractivity contribution in [2.75, 3.05) is 7.11 Å². The number of ether oxygens (including phenoxy) is 3. The molecular weight excluding hydrogens is 348 g/mol. The molecular formula is C21H38O6. The maximum atomic E-state index is 11.4. The van der Waals surface area contributed by atoms with Crippen LogP contribution in [0.15, 0.2) is 0 Å². The lowest BCUT2D eigenvalue weighted by Crippen LogP contribution is -2.26. The van der Waals surface area contributed by atoms with Crippen molar-refractivity contribution in [1.29, 1.82) is 0 Å². The zero-order chi connectivity index (χ0) is 20.1. The minimum atomic E-state index is -0.488. The first-order valence-electron chi connectivity index (χ1n) is 10.6. The number of hydrogen-bond donors (Lipinski definition) is 1. The summed E-state index contributed by atoms with van der Waals surface area (Å²) in [6.07, 6.45) is 9.69. The van der Waals surface area contributed by atoms with Crippen LogP contribution in [0.2, 0.25) is 0 Å². The molecule has 0 spiro atoms. The predicted molar refractivity (Wildman–Crippen MR) is 103 cm³/mol. The van der Waals surface area contributed by atoms with Crippen molar-refractivity contribution in [3.05, 3.63) is 0 Å². The molecule has 0 amide bonds. The molecule has 0 saturated carbocycles. The fourth-order valence-corrected chi connectivity index (χ4v) is 3.62. The highest BCUT2D eigenvalue weighted by Gasteiger charge is 2.39. The Labute approximate surface area is 163 Å². The maximum Gasteiger partial charge on any atom is 0.305 e. The van der Waals surface area contributed by atoms with Crippen LogP contribution in [0.4, 0.5) is 0 Å². The molecule has 0 aromatic heterocycles. The molecule has 158 valence electrons. The summed E-state index contributed by atoms with van der Waals surface area (Å²) in [6, 6.07) is 0. The average molecular weight is 387 g/mol. The molecule has 0 bridgehead atoms. The number of unbranched alkanes of at least 4 members (excludes halogenated alkanes) is 6. The first kappa shape index (κ1) is 23.9. The third-order valence-corrected chi connectivity index (χ3v) is 5.18. The fraction of sp³-hybridized carbons (Fsp3) is 0.905. The van der Waals surface area contributed by atoms with Crippen LogP contribution in [0.5, 0.6) is 0 Å². The minimum Gasteiger partial charge on any atom is -0.469 e. The summed E-state index contributed by atoms with van der Waals surface area (Å²) in [5.41, 5.74) is 0. The van der Waals surface area contributed by atoms with Gasteiger partial charge in [-0.2, -0.15) is 0 Å². The van der Waals surface area contributed by atoms with Gasteiger partial charge in [0.15, 0.2) is 0 Å². The number of esters is 2. The van der Waals surface area contributed by atoms with Crippen LogP contribution in [0.25, 0.3) is 0 Å². The zero-order valence-electron chi connectivity index (χ0n) is 17.3. The van der Waals surface area contributed by atoms with Crippen LogP contribution in [-0.2, 0) is 23.8 Å². The molecule has 4 atom stereocenters. The van der Waals surface area contributed by atoms with Crippen molar-refractivity contribution in [2.24, 2.45) is 0 Å². The Bertz CT molecular complexity index is 425. The van der Waals surface area contributed by atoms with E-state index in [0.29, 0.717) is 12.8 Å². The average Bonchev–Trinajstić information content (AvgIpc) is 3.02. The third kappa shape index (κ3) is 10.1. The number of hydrogen-bond acceptors (Lipinski definition) is 6. The molecule has 1 saturated heterocycles. The topological polar surface area (TPSA) is 82.1 Å². The second-order valence-electron chi connectivity index (χ2n) is 7.54. The van der Waals surface area contributed by atoms with Gasteiger partial charge >= 0.3 is 11.9 Å². The predicted octanol–water partition coefficient (Wildman–Crippen LogP) is 3.92. The summed E-state index contributed by atoms with van der Waals surface area (Å²) < 4.78 is 16.1. The van der Waals surface area contributed by atoms with Crippen LogP contribution in [0.1, 0.15) is 90.9 Å². The molecule has 1 heterocycles. The molecule has 1 fully saturated rings. The summed E-state index contributed by atoms with van der Waals surface area (Å²) in [5.74, 6) is -0.445. The van der Waals surface area contributed by atoms with Gasteiger partial charge in [-0.25, -0.2) is 0 Å². The molecule has 6 heteroatoms. The molecule has 6 nitrogen and oxygen atoms in total. The van der Waals surface area contributed by atoms with E-state index in [4.69, 9.17) is 9.47 Å². The zero-order valence-corrected chi connectivity index (χ0v) is 17.3. The molecule has 1 N–H and O–H groups in total. The second-order valence-corrected chi connectivity index (χ2v) is 7.54. The van der Waals surface area contributed by atoms with E-state index in [9.17, 15) is 14.7 Å². The standard InChI is InChI=1S/C21H38O6/c1-4-5-9-12-17(23)19-15-20(26-16(2)22)18(27-19)13-10-7-6-8-11-14-21(24)25-3/h17-20,23H,4-15H2,1-3H3/t17-,18-,19-,20-/m0/s1. The Morgan fingerprint density at radius 3 is 2.48 bits per heavy atom. The minimum absolute atomic E-state index is 0.130. The SMILES string of the molecule is CCCCC[C@H](O)[C@@H]1C[C@H](OC(C)=O)[C@H](CCCCCCCC(=O)OC)O1. The molecule has 0 aromatic carbocycles. The van der Waals surface area contributed by atoms with E-state index in [2.05, 4.69) is 11.7 Å². The van der Waals surface area contributed by atoms with Crippen molar-refractivity contribution in [1.82, 2.24) is 0 Å². The van der Waals surface area contributed by atoms with Gasteiger partial charge in [-0.05, 0) is 19.3 Å². The Morgan fingerprint density at radius 2 is 1.81 bits per heavy atom. The maximum absolute atomic E-state index is 11.4. The van der Waals surface area contributed by atoms with E-state index in [1.807, 2.05) is 0 Å². The van der Waals surface area contributed by atoms with Gasteiger partial charge in [0.2, 0.25) is 0 Å². The Balaban J connectivity index is 2.30. The van der Waals surface area contributed by atoms with Gasteiger partial charge in [-0.15, -0.1) is 0 Å². The molecule has 0 radical (unpaired) electrons. The molecule has 1 rings (SSSR count). The largest absolute Gasteiger partial charge is 0.469 e. The highest BCUT2D eigenvalue weighted by molar-refractivity contribution is 5.69. The van der Waals surface area contributed by atoms with E-state index in [-0.39, 0.29) is 30.3 Å². The highest BCUT2D eigenvalue weighted by Crippen LogP contribution is 2.30. The van der Waals surface area contributed by atoms with E-state index in [1.165, 1.54) is 14.0 Å². The Morgan fingerprint density at radius 1 is 1.11 bits per heavy atom. The van der Waals surface area contributed by atoms with Crippen molar-refractivity contribution < 1.29 is 28.9 Å². The van der Waals surface area contributed by atoms with Crippen LogP contribution in [0.3, 0.4) is 0 Å². The van der Waals surface area contributed by atoms with Crippen molar-refractivity contribution in [3.63, 3.8) is 0 Å². The van der Waals surface area contributed by atoms with Gasteiger partial charge in [-0.1, -0.05) is 51.9 Å². The van der Waals surface area contributed by atoms with Gasteiger partial charge in [0.25, 0.3) is 0 Å². The summed E-state index contributed by atoms with van der Waals surface area (Å²) in [5, 5.41) is 10.4. The lowest BCUT2D eigenvalue weighted by Gasteiger charge is -2.19. The summed E-state index contributed by atoms with van der Waals surface area (Å²) in [4.78, 5) is 22.4. The van der Waals surface area contributed by atoms with Crippen LogP contribution >= 0.6 is 0 Å². The number of aliphatic hydroxyl groups excluding tert-OH is 1. The van der Waals surface area contributed by atoms with E-state index in [1.54, 1.807) is 0 Å². The molecule has 0 aromatic rings. The first-order chi connectivity index (χ1) is 13.0. The van der Waals surface area contributed by atoms with Crippen LogP contribution in [-0.4, -0.2) is 48.6 Å². The molecule has 1 aliphatic heterocycles. The van der Waals surface area contributed by atoms with Crippen LogP contribution < -0.4 is 0 Å². The number of carbonyl (C=O) groups is 2. The first-order valence-corrected chi connectivity index (χ1v) is 10.6. The summed E-state index contributed by atoms with van der Waals surface area (Å²) in [7, 11) is 1.41. The Hall–Kier alpha value is -1.14. The Kier molecular flexibility index (Phi) is 12.3. The van der Waals surface area contributed by atoms with Gasteiger partial charge in [0.1, 0.15) is 6.10 Å². The lowest BCUT2D eigenvalue weighted by molar-refractivity contribution is -0.149. The van der Waals surface area contributed by atoms with E-state index >= 15 is 0 Å². The number of methoxy groups -OCH3 is 1. The van der Waals surface area contributed by atoms with Gasteiger partial charge in [-0.3, -0.25) is 9.59 Å². The normalized spacial score (nSPS) is 23.2. The van der Waals surface area contributed by atoms with Crippen molar-refractivity contribution >= 4 is 11.9 Å². The highest BCUT2D eigenvalue weighted by atomic mass is 16.6. The van der Waals surface area contributed by atoms with Gasteiger partial charge in [0, 0.05) is 19.8 Å². The van der Waals surface area contributed by atoms with E-state index < -0.39 is 6.10 Å². The summed E-state index contributed by atoms with van der Waals surface area (Å²) in [6.45, 7) is 3.56. The van der Waals surface area contributed by atoms with E-state index in [0.717, 1.165) is 64.2 Å². The quantitative estimate of drug-likeness (QED) is 0.360. The van der Waals surface area contributed by atoms with Gasteiger partial charge < -0.3 is 19.3 Å². The smallest absolute Gasteiger partial charge is 0.305 e. The summed E-state index contributed by atoms with van der Waals surface area (Å²) >= 11 is 0. The number of aliphatic hydroxyl groups is 1. The van der Waals surface area contributed by atoms with Crippen LogP contribution in [0, 0.1) is 0 Å². The van der Waals surface area contributed by atoms with Crippen molar-refractivity contribution in [2.45, 2.75) is 115 Å². The molecule has 0 unspecified atom stereocenters. The fourth-order valence-electron chi connectivity index (χ4n) is 3.62. The second kappa shape index (κ2) is 13.9. The van der Waals surface area contributed by atoms with Gasteiger partial charge in [0.05, 0.1) is 25.4 Å². The van der Waals surface area contributed by atoms with Crippen molar-refractivity contribution in [3.8, 4) is 0 Å². The lowest BCUT2D eigenvalue weighted by atomic mass is 10.0. The molecule has 1 aliphatic rings. The molecule has 0 aliphatic carbocycles. The number of carbonyl (C=O) groups excluding carboxylic acids is 2. The number of rotatable bonds is 14. The monoisotopic (exact) mass is 386 g/mol.